The van der Waals surface area contributed by atoms with E-state index in [0.29, 0.717) is 12.2 Å². The third-order valence-electron chi connectivity index (χ3n) is 4.02. The summed E-state index contributed by atoms with van der Waals surface area (Å²) in [6.45, 7) is 9.55. The van der Waals surface area contributed by atoms with Gasteiger partial charge in [-0.25, -0.2) is 4.79 Å². The molecule has 0 aliphatic rings. The van der Waals surface area contributed by atoms with Crippen LogP contribution in [0.3, 0.4) is 0 Å². The van der Waals surface area contributed by atoms with Gasteiger partial charge in [0.15, 0.2) is 0 Å². The maximum atomic E-state index is 12.3. The van der Waals surface area contributed by atoms with Gasteiger partial charge < -0.3 is 24.4 Å². The van der Waals surface area contributed by atoms with Gasteiger partial charge in [-0.2, -0.15) is 0 Å². The number of carbonyl (C=O) groups excluding carboxylic acids is 2. The lowest BCUT2D eigenvalue weighted by Crippen LogP contribution is -2.26. The molecule has 28 heavy (non-hydrogen) atoms. The molecule has 160 valence electrons. The van der Waals surface area contributed by atoms with Crippen LogP contribution in [0.15, 0.2) is 18.2 Å². The summed E-state index contributed by atoms with van der Waals surface area (Å²) in [4.78, 5) is 22.7. The molecular formula is C21H34O7. The van der Waals surface area contributed by atoms with Crippen LogP contribution < -0.4 is 0 Å². The molecule has 2 atom stereocenters. The van der Waals surface area contributed by atoms with Crippen molar-refractivity contribution in [3.05, 3.63) is 34.9 Å². The first-order valence-corrected chi connectivity index (χ1v) is 9.76. The summed E-state index contributed by atoms with van der Waals surface area (Å²) in [5, 5.41) is 19.4. The Morgan fingerprint density at radius 1 is 1.18 bits per heavy atom. The number of rotatable bonds is 12. The zero-order chi connectivity index (χ0) is 21.4. The molecule has 2 unspecified atom stereocenters. The van der Waals surface area contributed by atoms with E-state index in [4.69, 9.17) is 9.47 Å². The highest BCUT2D eigenvalue weighted by Gasteiger charge is 2.27. The highest BCUT2D eigenvalue weighted by molar-refractivity contribution is 5.91. The highest BCUT2D eigenvalue weighted by Crippen LogP contribution is 2.26. The molecule has 1 rings (SSSR count). The first-order valence-electron chi connectivity index (χ1n) is 9.76. The van der Waals surface area contributed by atoms with E-state index in [1.54, 1.807) is 18.2 Å². The van der Waals surface area contributed by atoms with Crippen LogP contribution >= 0.6 is 0 Å². The molecule has 0 aliphatic heterocycles. The van der Waals surface area contributed by atoms with Crippen molar-refractivity contribution in [2.24, 2.45) is 0 Å². The number of aryl methyl sites for hydroxylation is 1. The fourth-order valence-electron chi connectivity index (χ4n) is 2.41. The smallest absolute Gasteiger partial charge is 0.338 e. The molecule has 0 aromatic heterocycles. The Hall–Kier alpha value is -1.96. The number of ether oxygens (including phenoxy) is 3. The van der Waals surface area contributed by atoms with Crippen LogP contribution in [0.25, 0.3) is 0 Å². The van der Waals surface area contributed by atoms with Crippen LogP contribution in [0.4, 0.5) is 0 Å². The summed E-state index contributed by atoms with van der Waals surface area (Å²) in [5.74, 6) is -1.43. The molecule has 1 aromatic rings. The average molecular weight is 398 g/mol. The molecule has 0 aliphatic carbocycles. The van der Waals surface area contributed by atoms with Gasteiger partial charge in [0.25, 0.3) is 6.47 Å². The number of aliphatic hydroxyl groups is 2. The van der Waals surface area contributed by atoms with Crippen molar-refractivity contribution in [2.75, 3.05) is 26.4 Å². The van der Waals surface area contributed by atoms with Gasteiger partial charge >= 0.3 is 5.97 Å². The van der Waals surface area contributed by atoms with E-state index < -0.39 is 24.8 Å². The number of esters is 1. The Morgan fingerprint density at radius 2 is 1.86 bits per heavy atom. The lowest BCUT2D eigenvalue weighted by molar-refractivity contribution is -0.157. The Labute approximate surface area is 167 Å². The van der Waals surface area contributed by atoms with Gasteiger partial charge in [0.2, 0.25) is 6.29 Å². The maximum absolute atomic E-state index is 12.3. The van der Waals surface area contributed by atoms with Crippen LogP contribution in [-0.4, -0.2) is 55.4 Å². The van der Waals surface area contributed by atoms with Crippen LogP contribution in [0, 0.1) is 0 Å². The molecule has 0 fully saturated rings. The molecule has 2 N–H and O–H groups in total. The topological polar surface area (TPSA) is 102 Å². The number of carbonyl (C=O) groups is 2. The molecule has 7 nitrogen and oxygen atoms in total. The zero-order valence-corrected chi connectivity index (χ0v) is 17.3. The summed E-state index contributed by atoms with van der Waals surface area (Å²) in [5.41, 5.74) is 1.59. The Kier molecular flexibility index (Phi) is 14.9. The number of hydrogen-bond acceptors (Lipinski definition) is 7. The first kappa shape index (κ1) is 26.0. The van der Waals surface area contributed by atoms with Crippen LogP contribution in [-0.2, 0) is 25.4 Å². The monoisotopic (exact) mass is 398 g/mol. The van der Waals surface area contributed by atoms with Crippen molar-refractivity contribution in [2.45, 2.75) is 59.2 Å². The van der Waals surface area contributed by atoms with E-state index in [1.165, 1.54) is 0 Å². The molecule has 0 saturated carbocycles. The average Bonchev–Trinajstić information content (AvgIpc) is 2.70. The van der Waals surface area contributed by atoms with Gasteiger partial charge in [0, 0.05) is 13.2 Å². The minimum absolute atomic E-state index is 0.104. The predicted octanol–water partition coefficient (Wildman–Crippen LogP) is 2.82. The molecule has 0 spiro atoms. The Balaban J connectivity index is 0.00000129. The molecule has 7 heteroatoms. The number of benzene rings is 1. The van der Waals surface area contributed by atoms with Gasteiger partial charge in [0.1, 0.15) is 0 Å². The molecule has 0 heterocycles. The van der Waals surface area contributed by atoms with Crippen molar-refractivity contribution >= 4 is 12.4 Å². The Bertz CT molecular complexity index is 558. The van der Waals surface area contributed by atoms with Crippen LogP contribution in [0.2, 0.25) is 0 Å². The minimum Gasteiger partial charge on any atom is -0.462 e. The third-order valence-corrected chi connectivity index (χ3v) is 4.02. The third kappa shape index (κ3) is 9.30. The second-order valence-corrected chi connectivity index (χ2v) is 5.96. The van der Waals surface area contributed by atoms with Gasteiger partial charge in [-0.15, -0.1) is 0 Å². The van der Waals surface area contributed by atoms with Crippen LogP contribution in [0.5, 0.6) is 0 Å². The number of aliphatic hydroxyl groups excluding tert-OH is 2. The Morgan fingerprint density at radius 3 is 2.32 bits per heavy atom. The van der Waals surface area contributed by atoms with E-state index in [9.17, 15) is 19.8 Å². The van der Waals surface area contributed by atoms with E-state index in [-0.39, 0.29) is 12.0 Å². The summed E-state index contributed by atoms with van der Waals surface area (Å²) >= 11 is 0. The highest BCUT2D eigenvalue weighted by atomic mass is 16.6. The second kappa shape index (κ2) is 16.0. The van der Waals surface area contributed by atoms with Crippen molar-refractivity contribution in [1.82, 2.24) is 0 Å². The van der Waals surface area contributed by atoms with E-state index in [1.807, 2.05) is 27.7 Å². The van der Waals surface area contributed by atoms with Crippen molar-refractivity contribution in [1.29, 1.82) is 0 Å². The normalized spacial score (nSPS) is 12.4. The summed E-state index contributed by atoms with van der Waals surface area (Å²) in [7, 11) is 0. The van der Waals surface area contributed by atoms with Crippen molar-refractivity contribution in [3.63, 3.8) is 0 Å². The summed E-state index contributed by atoms with van der Waals surface area (Å²) in [6.07, 6.45) is 0.856. The lowest BCUT2D eigenvalue weighted by atomic mass is 9.92. The lowest BCUT2D eigenvalue weighted by Gasteiger charge is -2.22. The predicted molar refractivity (Wildman–Crippen MR) is 106 cm³/mol. The molecule has 0 saturated heterocycles. The van der Waals surface area contributed by atoms with Crippen molar-refractivity contribution < 1.29 is 34.0 Å². The zero-order valence-electron chi connectivity index (χ0n) is 17.3. The number of hydrogen-bond donors (Lipinski definition) is 2. The van der Waals surface area contributed by atoms with E-state index in [2.05, 4.69) is 4.74 Å². The van der Waals surface area contributed by atoms with Gasteiger partial charge in [-0.05, 0) is 43.9 Å². The van der Waals surface area contributed by atoms with E-state index in [0.717, 1.165) is 38.0 Å². The minimum atomic E-state index is -1.54. The summed E-state index contributed by atoms with van der Waals surface area (Å²) in [6, 6.07) is 5.13. The molecular weight excluding hydrogens is 364 g/mol. The summed E-state index contributed by atoms with van der Waals surface area (Å²) < 4.78 is 14.6. The van der Waals surface area contributed by atoms with Gasteiger partial charge in [-0.3, -0.25) is 4.79 Å². The molecule has 1 aromatic carbocycles. The van der Waals surface area contributed by atoms with Crippen molar-refractivity contribution in [3.8, 4) is 0 Å². The molecule has 0 bridgehead atoms. The quantitative estimate of drug-likeness (QED) is 0.241. The second-order valence-electron chi connectivity index (χ2n) is 5.96. The number of unbranched alkanes of at least 4 members (excludes halogenated alkanes) is 1. The molecule has 0 radical (unpaired) electrons. The van der Waals surface area contributed by atoms with Crippen LogP contribution in [0.1, 0.15) is 67.9 Å². The fraction of sp³-hybridized carbons (Fsp3) is 0.619. The van der Waals surface area contributed by atoms with Gasteiger partial charge in [0.05, 0.1) is 24.7 Å². The largest absolute Gasteiger partial charge is 0.462 e. The molecule has 0 amide bonds. The standard InChI is InChI=1S/C17H24O6.C4H10O/c1-3-5-8-22-16(20)14-9-12(4-2)6-7-13(14)15(10-18)17(21)23-11-19;1-3-5-4-2/h6-7,9,11,15,17-18,21H,3-5,8,10H2,1-2H3;3-4H2,1-2H3. The van der Waals surface area contributed by atoms with E-state index >= 15 is 0 Å². The fourth-order valence-corrected chi connectivity index (χ4v) is 2.41. The van der Waals surface area contributed by atoms with Gasteiger partial charge in [-0.1, -0.05) is 32.4 Å². The SMILES string of the molecule is CCCCOC(=O)c1cc(CC)ccc1C(CO)C(O)OC=O.CCOCC. The first-order chi connectivity index (χ1) is 13.5. The maximum Gasteiger partial charge on any atom is 0.338 e.